The lowest BCUT2D eigenvalue weighted by Gasteiger charge is -2.31. The van der Waals surface area contributed by atoms with Crippen molar-refractivity contribution >= 4 is 17.4 Å². The van der Waals surface area contributed by atoms with Crippen LogP contribution in [0.4, 0.5) is 4.79 Å². The van der Waals surface area contributed by atoms with Gasteiger partial charge in [0.1, 0.15) is 5.01 Å². The van der Waals surface area contributed by atoms with Gasteiger partial charge in [0, 0.05) is 25.6 Å². The first-order valence-electron chi connectivity index (χ1n) is 8.73. The van der Waals surface area contributed by atoms with E-state index in [1.807, 2.05) is 47.4 Å². The molecule has 4 rings (SSSR count). The fraction of sp³-hybridized carbons (Fsp3) is 0.316. The average Bonchev–Trinajstić information content (AvgIpc) is 3.38. The van der Waals surface area contributed by atoms with Crippen molar-refractivity contribution in [1.82, 2.24) is 20.4 Å². The van der Waals surface area contributed by atoms with E-state index >= 15 is 0 Å². The second-order valence-electron chi connectivity index (χ2n) is 6.33. The van der Waals surface area contributed by atoms with Crippen LogP contribution in [0.5, 0.6) is 0 Å². The zero-order valence-corrected chi connectivity index (χ0v) is 15.1. The Balaban J connectivity index is 1.29. The van der Waals surface area contributed by atoms with Crippen LogP contribution in [0.3, 0.4) is 0 Å². The lowest BCUT2D eigenvalue weighted by Crippen LogP contribution is -2.43. The van der Waals surface area contributed by atoms with Gasteiger partial charge in [-0.15, -0.1) is 10.2 Å². The number of piperidine rings is 1. The maximum Gasteiger partial charge on any atom is 0.317 e. The summed E-state index contributed by atoms with van der Waals surface area (Å²) < 4.78 is 5.38. The van der Waals surface area contributed by atoms with Gasteiger partial charge in [0.25, 0.3) is 0 Å². The van der Waals surface area contributed by atoms with Gasteiger partial charge in [0.05, 0.1) is 6.26 Å². The minimum absolute atomic E-state index is 0.000779. The largest absolute Gasteiger partial charge is 0.462 e. The van der Waals surface area contributed by atoms with Gasteiger partial charge < -0.3 is 14.6 Å². The molecule has 1 fully saturated rings. The van der Waals surface area contributed by atoms with E-state index in [4.69, 9.17) is 4.42 Å². The average molecular weight is 368 g/mol. The SMILES string of the molecule is O=C(NCc1ccccc1)N1CCC(c2nnc(-c3ccco3)s2)CC1. The lowest BCUT2D eigenvalue weighted by molar-refractivity contribution is 0.181. The molecule has 0 aliphatic carbocycles. The maximum atomic E-state index is 12.4. The van der Waals surface area contributed by atoms with E-state index in [0.29, 0.717) is 12.5 Å². The predicted octanol–water partition coefficient (Wildman–Crippen LogP) is 3.89. The van der Waals surface area contributed by atoms with E-state index in [-0.39, 0.29) is 6.03 Å². The van der Waals surface area contributed by atoms with Crippen molar-refractivity contribution in [2.75, 3.05) is 13.1 Å². The third-order valence-electron chi connectivity index (χ3n) is 4.59. The van der Waals surface area contributed by atoms with Crippen LogP contribution in [0.15, 0.2) is 53.1 Å². The van der Waals surface area contributed by atoms with Gasteiger partial charge in [0.2, 0.25) is 0 Å². The van der Waals surface area contributed by atoms with Crippen LogP contribution in [-0.4, -0.2) is 34.2 Å². The number of carbonyl (C=O) groups is 1. The first-order valence-corrected chi connectivity index (χ1v) is 9.55. The fourth-order valence-electron chi connectivity index (χ4n) is 3.11. The van der Waals surface area contributed by atoms with Crippen LogP contribution in [0.25, 0.3) is 10.8 Å². The molecular weight excluding hydrogens is 348 g/mol. The van der Waals surface area contributed by atoms with Gasteiger partial charge in [-0.1, -0.05) is 41.7 Å². The van der Waals surface area contributed by atoms with Gasteiger partial charge in [-0.3, -0.25) is 0 Å². The number of hydrogen-bond donors (Lipinski definition) is 1. The monoisotopic (exact) mass is 368 g/mol. The normalized spacial score (nSPS) is 15.2. The molecule has 0 atom stereocenters. The van der Waals surface area contributed by atoms with Crippen LogP contribution in [-0.2, 0) is 6.54 Å². The molecule has 0 radical (unpaired) electrons. The zero-order chi connectivity index (χ0) is 17.8. The summed E-state index contributed by atoms with van der Waals surface area (Å²) >= 11 is 1.58. The molecular formula is C19H20N4O2S. The molecule has 6 nitrogen and oxygen atoms in total. The number of urea groups is 1. The standard InChI is InChI=1S/C19H20N4O2S/c24-19(20-13-14-5-2-1-3-6-14)23-10-8-15(9-11-23)17-21-22-18(26-17)16-7-4-12-25-16/h1-7,12,15H,8-11,13H2,(H,20,24). The molecule has 1 aliphatic heterocycles. The van der Waals surface area contributed by atoms with E-state index in [2.05, 4.69) is 15.5 Å². The number of amides is 2. The Morgan fingerprint density at radius 3 is 2.69 bits per heavy atom. The van der Waals surface area contributed by atoms with Crippen molar-refractivity contribution in [1.29, 1.82) is 0 Å². The Bertz CT molecular complexity index is 840. The molecule has 26 heavy (non-hydrogen) atoms. The molecule has 1 N–H and O–H groups in total. The molecule has 3 heterocycles. The maximum absolute atomic E-state index is 12.4. The first kappa shape index (κ1) is 16.8. The molecule has 1 aromatic carbocycles. The second kappa shape index (κ2) is 7.70. The number of likely N-dealkylation sites (tertiary alicyclic amines) is 1. The van der Waals surface area contributed by atoms with Gasteiger partial charge in [-0.05, 0) is 30.5 Å². The Kier molecular flexibility index (Phi) is 4.97. The molecule has 0 bridgehead atoms. The molecule has 1 aliphatic rings. The Morgan fingerprint density at radius 2 is 1.96 bits per heavy atom. The van der Waals surface area contributed by atoms with E-state index in [1.165, 1.54) is 0 Å². The van der Waals surface area contributed by atoms with Gasteiger partial charge in [-0.25, -0.2) is 4.79 Å². The summed E-state index contributed by atoms with van der Waals surface area (Å²) in [4.78, 5) is 14.2. The molecule has 2 amide bonds. The van der Waals surface area contributed by atoms with Crippen LogP contribution in [0.1, 0.15) is 29.3 Å². The summed E-state index contributed by atoms with van der Waals surface area (Å²) in [5.41, 5.74) is 1.11. The van der Waals surface area contributed by atoms with Crippen LogP contribution in [0.2, 0.25) is 0 Å². The van der Waals surface area contributed by atoms with Crippen molar-refractivity contribution in [2.24, 2.45) is 0 Å². The summed E-state index contributed by atoms with van der Waals surface area (Å²) in [5.74, 6) is 1.11. The number of nitrogens with one attached hydrogen (secondary N) is 1. The lowest BCUT2D eigenvalue weighted by atomic mass is 9.98. The first-order chi connectivity index (χ1) is 12.8. The van der Waals surface area contributed by atoms with Crippen LogP contribution >= 0.6 is 11.3 Å². The third kappa shape index (κ3) is 3.77. The molecule has 0 spiro atoms. The van der Waals surface area contributed by atoms with Gasteiger partial charge in [0.15, 0.2) is 10.8 Å². The number of rotatable bonds is 4. The molecule has 0 saturated carbocycles. The molecule has 1 saturated heterocycles. The smallest absolute Gasteiger partial charge is 0.317 e. The molecule has 0 unspecified atom stereocenters. The fourth-order valence-corrected chi connectivity index (χ4v) is 4.09. The van der Waals surface area contributed by atoms with Gasteiger partial charge >= 0.3 is 6.03 Å². The number of carbonyl (C=O) groups excluding carboxylic acids is 1. The van der Waals surface area contributed by atoms with Crippen LogP contribution < -0.4 is 5.32 Å². The highest BCUT2D eigenvalue weighted by Crippen LogP contribution is 2.33. The number of aromatic nitrogens is 2. The highest BCUT2D eigenvalue weighted by atomic mass is 32.1. The van der Waals surface area contributed by atoms with Crippen molar-refractivity contribution in [3.05, 3.63) is 59.3 Å². The Hall–Kier alpha value is -2.67. The van der Waals surface area contributed by atoms with E-state index in [9.17, 15) is 4.79 Å². The van der Waals surface area contributed by atoms with Crippen molar-refractivity contribution < 1.29 is 9.21 Å². The summed E-state index contributed by atoms with van der Waals surface area (Å²) in [7, 11) is 0. The quantitative estimate of drug-likeness (QED) is 0.758. The van der Waals surface area contributed by atoms with E-state index in [0.717, 1.165) is 47.3 Å². The number of benzene rings is 1. The Labute approximate surface area is 155 Å². The van der Waals surface area contributed by atoms with Gasteiger partial charge in [-0.2, -0.15) is 0 Å². The minimum Gasteiger partial charge on any atom is -0.462 e. The van der Waals surface area contributed by atoms with Crippen molar-refractivity contribution in [3.63, 3.8) is 0 Å². The predicted molar refractivity (Wildman–Crippen MR) is 99.8 cm³/mol. The molecule has 3 aromatic rings. The summed E-state index contributed by atoms with van der Waals surface area (Å²) in [5, 5.41) is 13.4. The van der Waals surface area contributed by atoms with E-state index < -0.39 is 0 Å². The van der Waals surface area contributed by atoms with Crippen molar-refractivity contribution in [3.8, 4) is 10.8 Å². The molecule has 7 heteroatoms. The molecule has 2 aromatic heterocycles. The third-order valence-corrected chi connectivity index (χ3v) is 5.69. The molecule has 134 valence electrons. The van der Waals surface area contributed by atoms with Crippen molar-refractivity contribution in [2.45, 2.75) is 25.3 Å². The van der Waals surface area contributed by atoms with Crippen LogP contribution in [0, 0.1) is 0 Å². The summed E-state index contributed by atoms with van der Waals surface area (Å²) in [6.07, 6.45) is 3.46. The highest BCUT2D eigenvalue weighted by Gasteiger charge is 2.26. The minimum atomic E-state index is 0.000779. The zero-order valence-electron chi connectivity index (χ0n) is 14.3. The second-order valence-corrected chi connectivity index (χ2v) is 7.34. The van der Waals surface area contributed by atoms with E-state index in [1.54, 1.807) is 17.6 Å². The highest BCUT2D eigenvalue weighted by molar-refractivity contribution is 7.14. The number of hydrogen-bond acceptors (Lipinski definition) is 5. The Morgan fingerprint density at radius 1 is 1.15 bits per heavy atom. The topological polar surface area (TPSA) is 71.3 Å². The number of nitrogens with zero attached hydrogens (tertiary/aromatic N) is 3. The summed E-state index contributed by atoms with van der Waals surface area (Å²) in [6, 6.07) is 13.7. The summed E-state index contributed by atoms with van der Waals surface area (Å²) in [6.45, 7) is 2.03. The number of furan rings is 1.